The summed E-state index contributed by atoms with van der Waals surface area (Å²) in [6.45, 7) is 2.75. The number of rotatable bonds is 11. The Morgan fingerprint density at radius 1 is 0.800 bits per heavy atom. The Hall–Kier alpha value is -1.76. The van der Waals surface area contributed by atoms with Gasteiger partial charge in [0.15, 0.2) is 0 Å². The van der Waals surface area contributed by atoms with E-state index in [2.05, 4.69) is 10.2 Å². The molecule has 0 aliphatic carbocycles. The van der Waals surface area contributed by atoms with Crippen LogP contribution in [0.25, 0.3) is 0 Å². The van der Waals surface area contributed by atoms with Crippen molar-refractivity contribution in [3.63, 3.8) is 0 Å². The van der Waals surface area contributed by atoms with E-state index in [1.54, 1.807) is 0 Å². The van der Waals surface area contributed by atoms with Crippen LogP contribution >= 0.6 is 0 Å². The van der Waals surface area contributed by atoms with Crippen LogP contribution in [0.15, 0.2) is 60.7 Å². The average molecular weight is 343 g/mol. The quantitative estimate of drug-likeness (QED) is 0.463. The maximum Gasteiger partial charge on any atom is 0.0628 e. The van der Waals surface area contributed by atoms with Crippen LogP contribution in [0.1, 0.15) is 23.2 Å². The number of hydrogen-bond donors (Lipinski definition) is 4. The fourth-order valence-corrected chi connectivity index (χ4v) is 3.12. The Morgan fingerprint density at radius 2 is 1.28 bits per heavy atom. The molecule has 2 aromatic rings. The topological polar surface area (TPSA) is 81.8 Å². The van der Waals surface area contributed by atoms with Crippen LogP contribution in [-0.2, 0) is 0 Å². The lowest BCUT2D eigenvalue weighted by atomic mass is 9.99. The van der Waals surface area contributed by atoms with E-state index in [0.29, 0.717) is 13.1 Å². The van der Waals surface area contributed by atoms with Gasteiger partial charge >= 0.3 is 0 Å². The van der Waals surface area contributed by atoms with E-state index in [-0.39, 0.29) is 25.3 Å². The molecule has 136 valence electrons. The Labute approximate surface area is 150 Å². The maximum atomic E-state index is 10.1. The highest BCUT2D eigenvalue weighted by Crippen LogP contribution is 2.30. The molecule has 0 saturated heterocycles. The smallest absolute Gasteiger partial charge is 0.0628 e. The van der Waals surface area contributed by atoms with Crippen molar-refractivity contribution in [1.29, 1.82) is 0 Å². The number of nitrogens with one attached hydrogen (secondary N) is 1. The van der Waals surface area contributed by atoms with Gasteiger partial charge < -0.3 is 21.3 Å². The maximum absolute atomic E-state index is 10.1. The molecule has 0 spiro atoms. The Morgan fingerprint density at radius 3 is 1.68 bits per heavy atom. The van der Waals surface area contributed by atoms with Gasteiger partial charge in [-0.1, -0.05) is 60.7 Å². The van der Waals surface area contributed by atoms with Gasteiger partial charge in [-0.2, -0.15) is 0 Å². The third-order valence-corrected chi connectivity index (χ3v) is 4.38. The van der Waals surface area contributed by atoms with Crippen molar-refractivity contribution in [3.8, 4) is 0 Å². The van der Waals surface area contributed by atoms with Gasteiger partial charge in [0, 0.05) is 26.2 Å². The van der Waals surface area contributed by atoms with Crippen LogP contribution in [0.3, 0.4) is 0 Å². The van der Waals surface area contributed by atoms with Crippen LogP contribution in [0.4, 0.5) is 0 Å². The Balaban J connectivity index is 2.26. The standard InChI is InChI=1S/C20H29N3O2/c21-11-12-22-13-14-23(19(15-24)17-7-3-1-4-8-17)20(16-25)18-9-5-2-6-10-18/h1-10,19-20,22,24-25H,11-16,21H2. The zero-order valence-electron chi connectivity index (χ0n) is 14.6. The van der Waals surface area contributed by atoms with Gasteiger partial charge in [0.05, 0.1) is 25.3 Å². The molecule has 0 aliphatic heterocycles. The molecule has 25 heavy (non-hydrogen) atoms. The lowest BCUT2D eigenvalue weighted by Crippen LogP contribution is -2.41. The number of aliphatic hydroxyl groups excluding tert-OH is 2. The van der Waals surface area contributed by atoms with Crippen molar-refractivity contribution in [3.05, 3.63) is 71.8 Å². The number of nitrogens with zero attached hydrogens (tertiary/aromatic N) is 1. The van der Waals surface area contributed by atoms with E-state index in [1.165, 1.54) is 0 Å². The minimum atomic E-state index is -0.182. The molecule has 0 aromatic heterocycles. The summed E-state index contributed by atoms with van der Waals surface area (Å²) in [5.41, 5.74) is 7.62. The second-order valence-electron chi connectivity index (χ2n) is 5.99. The van der Waals surface area contributed by atoms with Crippen LogP contribution < -0.4 is 11.1 Å². The summed E-state index contributed by atoms with van der Waals surface area (Å²) >= 11 is 0. The van der Waals surface area contributed by atoms with E-state index >= 15 is 0 Å². The van der Waals surface area contributed by atoms with E-state index in [0.717, 1.165) is 24.2 Å². The average Bonchev–Trinajstić information content (AvgIpc) is 2.67. The molecule has 0 radical (unpaired) electrons. The molecule has 5 nitrogen and oxygen atoms in total. The second-order valence-corrected chi connectivity index (χ2v) is 5.99. The SMILES string of the molecule is NCCNCCN(C(CO)c1ccccc1)C(CO)c1ccccc1. The third kappa shape index (κ3) is 5.63. The second kappa shape index (κ2) is 11.0. The molecule has 2 atom stereocenters. The molecule has 2 rings (SSSR count). The van der Waals surface area contributed by atoms with E-state index < -0.39 is 0 Å². The van der Waals surface area contributed by atoms with Crippen molar-refractivity contribution in [1.82, 2.24) is 10.2 Å². The summed E-state index contributed by atoms with van der Waals surface area (Å²) in [5, 5.41) is 23.5. The van der Waals surface area contributed by atoms with E-state index in [1.807, 2.05) is 60.7 Å². The summed E-state index contributed by atoms with van der Waals surface area (Å²) in [5.74, 6) is 0. The van der Waals surface area contributed by atoms with Crippen molar-refractivity contribution in [2.24, 2.45) is 5.73 Å². The number of hydrogen-bond acceptors (Lipinski definition) is 5. The van der Waals surface area contributed by atoms with Crippen LogP contribution in [0, 0.1) is 0 Å². The van der Waals surface area contributed by atoms with Gasteiger partial charge in [-0.15, -0.1) is 0 Å². The molecule has 0 aliphatic rings. The molecular formula is C20H29N3O2. The molecule has 2 aromatic carbocycles. The summed E-state index contributed by atoms with van der Waals surface area (Å²) in [6, 6.07) is 19.5. The first kappa shape index (κ1) is 19.6. The third-order valence-electron chi connectivity index (χ3n) is 4.38. The largest absolute Gasteiger partial charge is 0.394 e. The summed E-state index contributed by atoms with van der Waals surface area (Å²) in [6.07, 6.45) is 0. The number of benzene rings is 2. The molecule has 0 heterocycles. The summed E-state index contributed by atoms with van der Waals surface area (Å²) in [4.78, 5) is 2.16. The highest BCUT2D eigenvalue weighted by atomic mass is 16.3. The van der Waals surface area contributed by atoms with Crippen molar-refractivity contribution in [2.45, 2.75) is 12.1 Å². The van der Waals surface area contributed by atoms with Gasteiger partial charge in [-0.05, 0) is 11.1 Å². The molecule has 5 heteroatoms. The highest BCUT2D eigenvalue weighted by molar-refractivity contribution is 5.23. The van der Waals surface area contributed by atoms with Crippen molar-refractivity contribution < 1.29 is 10.2 Å². The zero-order valence-corrected chi connectivity index (χ0v) is 14.6. The van der Waals surface area contributed by atoms with Gasteiger partial charge in [0.1, 0.15) is 0 Å². The normalized spacial score (nSPS) is 13.8. The lowest BCUT2D eigenvalue weighted by Gasteiger charge is -2.37. The first-order chi connectivity index (χ1) is 12.3. The molecule has 5 N–H and O–H groups in total. The van der Waals surface area contributed by atoms with Gasteiger partial charge in [0.25, 0.3) is 0 Å². The minimum Gasteiger partial charge on any atom is -0.394 e. The fraction of sp³-hybridized carbons (Fsp3) is 0.400. The number of nitrogens with two attached hydrogens (primary N) is 1. The predicted octanol–water partition coefficient (Wildman–Crippen LogP) is 1.30. The Kier molecular flexibility index (Phi) is 8.59. The van der Waals surface area contributed by atoms with E-state index in [9.17, 15) is 10.2 Å². The van der Waals surface area contributed by atoms with E-state index in [4.69, 9.17) is 5.73 Å². The summed E-state index contributed by atoms with van der Waals surface area (Å²) in [7, 11) is 0. The van der Waals surface area contributed by atoms with Gasteiger partial charge in [-0.3, -0.25) is 4.90 Å². The van der Waals surface area contributed by atoms with Gasteiger partial charge in [0.2, 0.25) is 0 Å². The first-order valence-corrected chi connectivity index (χ1v) is 8.80. The van der Waals surface area contributed by atoms with Crippen LogP contribution in [0.2, 0.25) is 0 Å². The molecule has 2 unspecified atom stereocenters. The molecule has 0 bridgehead atoms. The predicted molar refractivity (Wildman–Crippen MR) is 101 cm³/mol. The molecular weight excluding hydrogens is 314 g/mol. The molecule has 0 amide bonds. The molecule has 0 fully saturated rings. The summed E-state index contributed by atoms with van der Waals surface area (Å²) < 4.78 is 0. The van der Waals surface area contributed by atoms with Crippen LogP contribution in [0.5, 0.6) is 0 Å². The minimum absolute atomic E-state index is 0.00969. The van der Waals surface area contributed by atoms with Crippen molar-refractivity contribution >= 4 is 0 Å². The highest BCUT2D eigenvalue weighted by Gasteiger charge is 2.27. The Bertz CT molecular complexity index is 533. The lowest BCUT2D eigenvalue weighted by molar-refractivity contribution is 0.0512. The van der Waals surface area contributed by atoms with Crippen molar-refractivity contribution in [2.75, 3.05) is 39.4 Å². The van der Waals surface area contributed by atoms with Crippen LogP contribution in [-0.4, -0.2) is 54.5 Å². The zero-order chi connectivity index (χ0) is 17.9. The monoisotopic (exact) mass is 343 g/mol. The first-order valence-electron chi connectivity index (χ1n) is 8.80. The number of aliphatic hydroxyl groups is 2. The fourth-order valence-electron chi connectivity index (χ4n) is 3.12. The molecule has 0 saturated carbocycles. The van der Waals surface area contributed by atoms with Gasteiger partial charge in [-0.25, -0.2) is 0 Å².